The standard InChI is InChI=1S/C18H22FN5O3/c1-13-11-17(24(26)27)20-23(13)14(2)18(25)22-9-7-21(8-10-22)12-15-3-5-16(19)6-4-15/h3-6,11,14H,7-10,12H2,1-2H3. The van der Waals surface area contributed by atoms with Crippen LogP contribution in [0.5, 0.6) is 0 Å². The highest BCUT2D eigenvalue weighted by Crippen LogP contribution is 2.19. The number of aryl methyl sites for hydroxylation is 1. The minimum atomic E-state index is -0.595. The lowest BCUT2D eigenvalue weighted by molar-refractivity contribution is -0.389. The second-order valence-electron chi connectivity index (χ2n) is 6.75. The van der Waals surface area contributed by atoms with Crippen molar-refractivity contribution >= 4 is 11.7 Å². The monoisotopic (exact) mass is 375 g/mol. The van der Waals surface area contributed by atoms with Gasteiger partial charge in [-0.1, -0.05) is 12.1 Å². The highest BCUT2D eigenvalue weighted by atomic mass is 19.1. The van der Waals surface area contributed by atoms with E-state index in [1.54, 1.807) is 30.9 Å². The Kier molecular flexibility index (Phi) is 5.50. The molecule has 9 heteroatoms. The molecule has 1 fully saturated rings. The number of piperazine rings is 1. The third kappa shape index (κ3) is 4.30. The minimum Gasteiger partial charge on any atom is -0.358 e. The molecule has 0 N–H and O–H groups in total. The Bertz CT molecular complexity index is 828. The van der Waals surface area contributed by atoms with Gasteiger partial charge < -0.3 is 15.0 Å². The maximum Gasteiger partial charge on any atom is 0.390 e. The Morgan fingerprint density at radius 1 is 1.26 bits per heavy atom. The molecular formula is C18H22FN5O3. The third-order valence-electron chi connectivity index (χ3n) is 4.82. The number of rotatable bonds is 5. The quantitative estimate of drug-likeness (QED) is 0.591. The van der Waals surface area contributed by atoms with Crippen molar-refractivity contribution in [3.8, 4) is 0 Å². The summed E-state index contributed by atoms with van der Waals surface area (Å²) in [5, 5.41) is 14.8. The lowest BCUT2D eigenvalue weighted by atomic mass is 10.2. The topological polar surface area (TPSA) is 84.5 Å². The van der Waals surface area contributed by atoms with Crippen LogP contribution in [0.25, 0.3) is 0 Å². The molecule has 1 saturated heterocycles. The van der Waals surface area contributed by atoms with Crippen LogP contribution in [-0.2, 0) is 11.3 Å². The van der Waals surface area contributed by atoms with Gasteiger partial charge in [-0.2, -0.15) is 4.68 Å². The molecule has 0 aliphatic carbocycles. The van der Waals surface area contributed by atoms with Crippen molar-refractivity contribution < 1.29 is 14.1 Å². The van der Waals surface area contributed by atoms with Crippen molar-refractivity contribution in [2.75, 3.05) is 26.2 Å². The van der Waals surface area contributed by atoms with Gasteiger partial charge in [0.15, 0.2) is 0 Å². The molecular weight excluding hydrogens is 353 g/mol. The molecule has 1 aromatic carbocycles. The Balaban J connectivity index is 1.57. The minimum absolute atomic E-state index is 0.0995. The van der Waals surface area contributed by atoms with E-state index in [9.17, 15) is 19.3 Å². The molecule has 1 amide bonds. The first-order valence-electron chi connectivity index (χ1n) is 8.81. The summed E-state index contributed by atoms with van der Waals surface area (Å²) in [5.41, 5.74) is 1.61. The van der Waals surface area contributed by atoms with E-state index in [1.807, 2.05) is 0 Å². The van der Waals surface area contributed by atoms with Gasteiger partial charge >= 0.3 is 5.82 Å². The lowest BCUT2D eigenvalue weighted by Gasteiger charge is -2.35. The van der Waals surface area contributed by atoms with Gasteiger partial charge in [0.1, 0.15) is 11.9 Å². The highest BCUT2D eigenvalue weighted by molar-refractivity contribution is 5.80. The number of carbonyl (C=O) groups excluding carboxylic acids is 1. The molecule has 2 aromatic rings. The number of halogens is 1. The van der Waals surface area contributed by atoms with E-state index < -0.39 is 11.0 Å². The number of hydrogen-bond donors (Lipinski definition) is 0. The van der Waals surface area contributed by atoms with Crippen LogP contribution in [-0.4, -0.2) is 56.6 Å². The largest absolute Gasteiger partial charge is 0.390 e. The molecule has 3 rings (SSSR count). The van der Waals surface area contributed by atoms with E-state index in [4.69, 9.17) is 0 Å². The molecule has 2 heterocycles. The van der Waals surface area contributed by atoms with Gasteiger partial charge in [0, 0.05) is 32.7 Å². The summed E-state index contributed by atoms with van der Waals surface area (Å²) in [6.07, 6.45) is 0. The predicted molar refractivity (Wildman–Crippen MR) is 96.6 cm³/mol. The van der Waals surface area contributed by atoms with Crippen molar-refractivity contribution in [1.29, 1.82) is 0 Å². The zero-order chi connectivity index (χ0) is 19.6. The molecule has 8 nitrogen and oxygen atoms in total. The van der Waals surface area contributed by atoms with Crippen molar-refractivity contribution in [2.45, 2.75) is 26.4 Å². The Labute approximate surface area is 156 Å². The first-order chi connectivity index (χ1) is 12.8. The zero-order valence-corrected chi connectivity index (χ0v) is 15.3. The zero-order valence-electron chi connectivity index (χ0n) is 15.3. The van der Waals surface area contributed by atoms with Gasteiger partial charge in [0.2, 0.25) is 5.91 Å². The van der Waals surface area contributed by atoms with Gasteiger partial charge in [0.25, 0.3) is 0 Å². The molecule has 144 valence electrons. The van der Waals surface area contributed by atoms with Crippen LogP contribution in [0.15, 0.2) is 30.3 Å². The first-order valence-corrected chi connectivity index (χ1v) is 8.81. The van der Waals surface area contributed by atoms with Gasteiger partial charge in [-0.25, -0.2) is 4.39 Å². The fraction of sp³-hybridized carbons (Fsp3) is 0.444. The Morgan fingerprint density at radius 2 is 1.89 bits per heavy atom. The average molecular weight is 375 g/mol. The number of benzene rings is 1. The molecule has 27 heavy (non-hydrogen) atoms. The van der Waals surface area contributed by atoms with E-state index in [0.29, 0.717) is 38.4 Å². The fourth-order valence-corrected chi connectivity index (χ4v) is 3.30. The maximum absolute atomic E-state index is 13.0. The van der Waals surface area contributed by atoms with E-state index in [0.717, 1.165) is 5.56 Å². The van der Waals surface area contributed by atoms with Gasteiger partial charge in [-0.15, -0.1) is 0 Å². The molecule has 1 aliphatic rings. The van der Waals surface area contributed by atoms with Crippen LogP contribution in [0.2, 0.25) is 0 Å². The van der Waals surface area contributed by atoms with Crippen LogP contribution < -0.4 is 0 Å². The van der Waals surface area contributed by atoms with Crippen molar-refractivity contribution in [2.24, 2.45) is 0 Å². The third-order valence-corrected chi connectivity index (χ3v) is 4.82. The maximum atomic E-state index is 13.0. The van der Waals surface area contributed by atoms with Crippen LogP contribution in [0.4, 0.5) is 10.2 Å². The number of amides is 1. The number of aromatic nitrogens is 2. The predicted octanol–water partition coefficient (Wildman–Crippen LogP) is 2.14. The smallest absolute Gasteiger partial charge is 0.358 e. The summed E-state index contributed by atoms with van der Waals surface area (Å²) in [4.78, 5) is 27.1. The summed E-state index contributed by atoms with van der Waals surface area (Å²) in [7, 11) is 0. The normalized spacial score (nSPS) is 16.3. The van der Waals surface area contributed by atoms with Crippen LogP contribution in [0.3, 0.4) is 0 Å². The summed E-state index contributed by atoms with van der Waals surface area (Å²) >= 11 is 0. The van der Waals surface area contributed by atoms with Crippen molar-refractivity contribution in [3.63, 3.8) is 0 Å². The van der Waals surface area contributed by atoms with E-state index in [2.05, 4.69) is 10.00 Å². The number of carbonyl (C=O) groups is 1. The fourth-order valence-electron chi connectivity index (χ4n) is 3.30. The molecule has 0 bridgehead atoms. The second-order valence-corrected chi connectivity index (χ2v) is 6.75. The van der Waals surface area contributed by atoms with Crippen molar-refractivity contribution in [3.05, 3.63) is 57.5 Å². The molecule has 0 spiro atoms. The molecule has 1 atom stereocenters. The van der Waals surface area contributed by atoms with Crippen LogP contribution in [0.1, 0.15) is 24.2 Å². The van der Waals surface area contributed by atoms with Crippen LogP contribution in [0, 0.1) is 22.9 Å². The summed E-state index contributed by atoms with van der Waals surface area (Å²) in [6, 6.07) is 7.20. The number of hydrogen-bond acceptors (Lipinski definition) is 5. The summed E-state index contributed by atoms with van der Waals surface area (Å²) in [6.45, 7) is 6.70. The SMILES string of the molecule is Cc1cc([N+](=O)[O-])nn1C(C)C(=O)N1CCN(Cc2ccc(F)cc2)CC1. The highest BCUT2D eigenvalue weighted by Gasteiger charge is 2.30. The molecule has 1 aliphatic heterocycles. The van der Waals surface area contributed by atoms with Gasteiger partial charge in [-0.05, 0) is 36.5 Å². The van der Waals surface area contributed by atoms with E-state index >= 15 is 0 Å². The Morgan fingerprint density at radius 3 is 2.44 bits per heavy atom. The average Bonchev–Trinajstić information content (AvgIpc) is 3.05. The summed E-state index contributed by atoms with van der Waals surface area (Å²) < 4.78 is 14.4. The number of nitro groups is 1. The van der Waals surface area contributed by atoms with Gasteiger partial charge in [-0.3, -0.25) is 9.69 Å². The van der Waals surface area contributed by atoms with E-state index in [1.165, 1.54) is 22.9 Å². The molecule has 1 aromatic heterocycles. The second kappa shape index (κ2) is 7.83. The van der Waals surface area contributed by atoms with Crippen LogP contribution >= 0.6 is 0 Å². The first kappa shape index (κ1) is 19.0. The Hall–Kier alpha value is -2.81. The molecule has 0 radical (unpaired) electrons. The lowest BCUT2D eigenvalue weighted by Crippen LogP contribution is -2.50. The summed E-state index contributed by atoms with van der Waals surface area (Å²) in [5.74, 6) is -0.605. The molecule has 1 unspecified atom stereocenters. The van der Waals surface area contributed by atoms with Crippen molar-refractivity contribution in [1.82, 2.24) is 19.6 Å². The van der Waals surface area contributed by atoms with Gasteiger partial charge in [0.05, 0.1) is 16.9 Å². The van der Waals surface area contributed by atoms with E-state index in [-0.39, 0.29) is 17.5 Å². The number of nitrogens with zero attached hydrogens (tertiary/aromatic N) is 5. The molecule has 0 saturated carbocycles.